The van der Waals surface area contributed by atoms with Gasteiger partial charge in [0.25, 0.3) is 5.91 Å². The molecule has 3 aromatic rings. The summed E-state index contributed by atoms with van der Waals surface area (Å²) in [5.41, 5.74) is 2.96. The molecule has 0 unspecified atom stereocenters. The fraction of sp³-hybridized carbons (Fsp3) is 0.250. The molecule has 9 nitrogen and oxygen atoms in total. The molecule has 0 saturated carbocycles. The van der Waals surface area contributed by atoms with E-state index in [1.54, 1.807) is 19.1 Å². The number of hydrogen-bond donors (Lipinski definition) is 3. The summed E-state index contributed by atoms with van der Waals surface area (Å²) in [6.45, 7) is 2.34. The van der Waals surface area contributed by atoms with Crippen molar-refractivity contribution in [1.29, 1.82) is 0 Å². The maximum atomic E-state index is 12.7. The third-order valence-corrected chi connectivity index (χ3v) is 5.12. The minimum atomic E-state index is -1.18. The van der Waals surface area contributed by atoms with Crippen molar-refractivity contribution in [2.75, 3.05) is 19.7 Å². The number of carboxylic acid groups (broad SMARTS) is 1. The maximum Gasteiger partial charge on any atom is 0.340 e. The minimum Gasteiger partial charge on any atom is -0.483 e. The van der Waals surface area contributed by atoms with Crippen molar-refractivity contribution in [3.05, 3.63) is 75.1 Å². The van der Waals surface area contributed by atoms with E-state index in [9.17, 15) is 19.2 Å². The summed E-state index contributed by atoms with van der Waals surface area (Å²) in [7, 11) is 0. The number of amides is 2. The molecule has 33 heavy (non-hydrogen) atoms. The largest absolute Gasteiger partial charge is 0.483 e. The van der Waals surface area contributed by atoms with Gasteiger partial charge in [-0.25, -0.2) is 4.79 Å². The Balaban J connectivity index is 1.70. The van der Waals surface area contributed by atoms with Crippen LogP contribution in [0.1, 0.15) is 22.3 Å². The van der Waals surface area contributed by atoms with Crippen LogP contribution in [0, 0.1) is 13.8 Å². The predicted octanol–water partition coefficient (Wildman–Crippen LogP) is 1.70. The first-order valence-corrected chi connectivity index (χ1v) is 10.2. The third kappa shape index (κ3) is 5.97. The average molecular weight is 452 g/mol. The Morgan fingerprint density at radius 3 is 2.33 bits per heavy atom. The van der Waals surface area contributed by atoms with E-state index in [-0.39, 0.29) is 13.2 Å². The molecule has 0 bridgehead atoms. The van der Waals surface area contributed by atoms with Gasteiger partial charge in [-0.2, -0.15) is 0 Å². The number of fused-ring (bicyclic) bond motifs is 1. The zero-order chi connectivity index (χ0) is 24.0. The molecule has 3 N–H and O–H groups in total. The highest BCUT2D eigenvalue weighted by Gasteiger charge is 2.16. The quantitative estimate of drug-likeness (QED) is 0.421. The van der Waals surface area contributed by atoms with Crippen molar-refractivity contribution in [2.45, 2.75) is 20.3 Å². The molecule has 0 fully saturated rings. The molecular weight excluding hydrogens is 428 g/mol. The Kier molecular flexibility index (Phi) is 7.45. The number of aliphatic carboxylic acids is 1. The summed E-state index contributed by atoms with van der Waals surface area (Å²) in [5, 5.41) is 13.8. The zero-order valence-electron chi connectivity index (χ0n) is 18.3. The van der Waals surface area contributed by atoms with Gasteiger partial charge in [0.15, 0.2) is 6.61 Å². The second-order valence-corrected chi connectivity index (χ2v) is 7.46. The number of ether oxygens (including phenoxy) is 1. The van der Waals surface area contributed by atoms with E-state index in [0.717, 1.165) is 16.5 Å². The number of carbonyl (C=O) groups excluding carboxylic acids is 2. The van der Waals surface area contributed by atoms with Crippen LogP contribution in [0.3, 0.4) is 0 Å². The van der Waals surface area contributed by atoms with Crippen molar-refractivity contribution < 1.29 is 28.6 Å². The van der Waals surface area contributed by atoms with Crippen LogP contribution in [0.2, 0.25) is 0 Å². The van der Waals surface area contributed by atoms with E-state index in [4.69, 9.17) is 14.3 Å². The van der Waals surface area contributed by atoms with Gasteiger partial charge in [-0.15, -0.1) is 0 Å². The summed E-state index contributed by atoms with van der Waals surface area (Å²) in [6, 6.07) is 13.1. The van der Waals surface area contributed by atoms with Crippen molar-refractivity contribution in [3.63, 3.8) is 0 Å². The first-order valence-electron chi connectivity index (χ1n) is 10.2. The van der Waals surface area contributed by atoms with Crippen LogP contribution in [0.5, 0.6) is 5.75 Å². The van der Waals surface area contributed by atoms with Crippen molar-refractivity contribution in [2.24, 2.45) is 0 Å². The normalized spacial score (nSPS) is 10.6. The summed E-state index contributed by atoms with van der Waals surface area (Å²) < 4.78 is 11.2. The highest BCUT2D eigenvalue weighted by molar-refractivity contribution is 5.88. The average Bonchev–Trinajstić information content (AvgIpc) is 2.79. The molecule has 1 heterocycles. The van der Waals surface area contributed by atoms with E-state index in [1.165, 1.54) is 0 Å². The van der Waals surface area contributed by atoms with Gasteiger partial charge in [0, 0.05) is 22.9 Å². The van der Waals surface area contributed by atoms with Crippen LogP contribution >= 0.6 is 0 Å². The lowest BCUT2D eigenvalue weighted by Crippen LogP contribution is -2.40. The molecule has 2 amide bonds. The fourth-order valence-corrected chi connectivity index (χ4v) is 3.34. The van der Waals surface area contributed by atoms with E-state index >= 15 is 0 Å². The first kappa shape index (κ1) is 23.5. The highest BCUT2D eigenvalue weighted by atomic mass is 16.5. The van der Waals surface area contributed by atoms with Crippen LogP contribution in [0.15, 0.2) is 51.7 Å². The Bertz CT molecular complexity index is 1250. The Morgan fingerprint density at radius 2 is 1.64 bits per heavy atom. The van der Waals surface area contributed by atoms with Gasteiger partial charge in [0.2, 0.25) is 5.91 Å². The second-order valence-electron chi connectivity index (χ2n) is 7.46. The lowest BCUT2D eigenvalue weighted by atomic mass is 9.98. The van der Waals surface area contributed by atoms with Gasteiger partial charge >= 0.3 is 11.6 Å². The van der Waals surface area contributed by atoms with Crippen LogP contribution in [-0.2, 0) is 20.8 Å². The molecule has 0 spiro atoms. The SMILES string of the molecule is Cc1c(Cc2ccccc2)c(=O)oc2c(C)c(OCC(=O)NCC(=O)NCC(=O)O)ccc12. The molecular formula is C24H24N2O7. The number of benzene rings is 2. The predicted molar refractivity (Wildman–Crippen MR) is 120 cm³/mol. The van der Waals surface area contributed by atoms with Crippen molar-refractivity contribution >= 4 is 28.8 Å². The molecule has 1 aromatic heterocycles. The molecule has 3 rings (SSSR count). The van der Waals surface area contributed by atoms with Crippen molar-refractivity contribution in [1.82, 2.24) is 10.6 Å². The van der Waals surface area contributed by atoms with Gasteiger partial charge in [-0.1, -0.05) is 30.3 Å². The van der Waals surface area contributed by atoms with Gasteiger partial charge in [-0.05, 0) is 37.1 Å². The lowest BCUT2D eigenvalue weighted by molar-refractivity contribution is -0.137. The molecule has 172 valence electrons. The highest BCUT2D eigenvalue weighted by Crippen LogP contribution is 2.30. The second kappa shape index (κ2) is 10.4. The van der Waals surface area contributed by atoms with Crippen LogP contribution in [-0.4, -0.2) is 42.6 Å². The Labute approximate surface area is 189 Å². The number of aryl methyl sites for hydroxylation is 2. The first-order chi connectivity index (χ1) is 15.8. The number of rotatable bonds is 9. The number of carbonyl (C=O) groups is 3. The van der Waals surface area contributed by atoms with E-state index in [2.05, 4.69) is 10.6 Å². The molecule has 0 aliphatic rings. The summed E-state index contributed by atoms with van der Waals surface area (Å²) in [5.74, 6) is -2.00. The maximum absolute atomic E-state index is 12.7. The van der Waals surface area contributed by atoms with E-state index in [0.29, 0.717) is 28.9 Å². The third-order valence-electron chi connectivity index (χ3n) is 5.12. The van der Waals surface area contributed by atoms with Crippen molar-refractivity contribution in [3.8, 4) is 5.75 Å². The lowest BCUT2D eigenvalue weighted by Gasteiger charge is -2.13. The summed E-state index contributed by atoms with van der Waals surface area (Å²) in [4.78, 5) is 46.5. The molecule has 0 aliphatic carbocycles. The molecule has 0 saturated heterocycles. The molecule has 0 atom stereocenters. The molecule has 0 radical (unpaired) electrons. The monoisotopic (exact) mass is 452 g/mol. The van der Waals surface area contributed by atoms with Crippen LogP contribution < -0.4 is 21.0 Å². The van der Waals surface area contributed by atoms with Crippen LogP contribution in [0.4, 0.5) is 0 Å². The molecule has 2 aromatic carbocycles. The topological polar surface area (TPSA) is 135 Å². The van der Waals surface area contributed by atoms with Crippen LogP contribution in [0.25, 0.3) is 11.0 Å². The minimum absolute atomic E-state index is 0.367. The van der Waals surface area contributed by atoms with Gasteiger partial charge in [-0.3, -0.25) is 14.4 Å². The number of carboxylic acids is 1. The molecule has 0 aliphatic heterocycles. The van der Waals surface area contributed by atoms with Gasteiger partial charge in [0.05, 0.1) is 6.54 Å². The van der Waals surface area contributed by atoms with E-state index < -0.39 is 30.0 Å². The summed E-state index contributed by atoms with van der Waals surface area (Å²) in [6.07, 6.45) is 0.461. The Morgan fingerprint density at radius 1 is 0.939 bits per heavy atom. The van der Waals surface area contributed by atoms with Gasteiger partial charge in [0.1, 0.15) is 17.9 Å². The zero-order valence-corrected chi connectivity index (χ0v) is 18.3. The standard InChI is InChI=1S/C24H24N2O7/c1-14-17-8-9-19(32-13-21(28)25-11-20(27)26-12-22(29)30)15(2)23(17)33-24(31)18(14)10-16-6-4-3-5-7-16/h3-9H,10-13H2,1-2H3,(H,25,28)(H,26,27)(H,29,30). The number of hydrogen-bond acceptors (Lipinski definition) is 6. The smallest absolute Gasteiger partial charge is 0.340 e. The van der Waals surface area contributed by atoms with E-state index in [1.807, 2.05) is 37.3 Å². The van der Waals surface area contributed by atoms with Gasteiger partial charge < -0.3 is 24.9 Å². The summed E-state index contributed by atoms with van der Waals surface area (Å²) >= 11 is 0. The Hall–Kier alpha value is -4.14. The fourth-order valence-electron chi connectivity index (χ4n) is 3.34. The molecule has 9 heteroatoms. The number of nitrogens with one attached hydrogen (secondary N) is 2.